The third-order valence-electron chi connectivity index (χ3n) is 3.12. The fraction of sp³-hybridized carbons (Fsp3) is 0.267. The number of benzene rings is 1. The van der Waals surface area contributed by atoms with E-state index in [1.54, 1.807) is 0 Å². The smallest absolute Gasteiger partial charge is 0.276 e. The van der Waals surface area contributed by atoms with Crippen molar-refractivity contribution in [2.24, 2.45) is 0 Å². The number of nitrogens with zero attached hydrogens (tertiary/aromatic N) is 3. The zero-order valence-electron chi connectivity index (χ0n) is 11.2. The summed E-state index contributed by atoms with van der Waals surface area (Å²) >= 11 is 0. The van der Waals surface area contributed by atoms with Crippen LogP contribution in [0.4, 0.5) is 0 Å². The van der Waals surface area contributed by atoms with Crippen molar-refractivity contribution in [1.82, 2.24) is 15.1 Å². The van der Waals surface area contributed by atoms with Crippen LogP contribution in [0, 0.1) is 0 Å². The topological polar surface area (TPSA) is 72.0 Å². The minimum atomic E-state index is -0.682. The Morgan fingerprint density at radius 2 is 2.00 bits per heavy atom. The van der Waals surface area contributed by atoms with E-state index in [0.29, 0.717) is 23.8 Å². The van der Waals surface area contributed by atoms with Crippen LogP contribution in [0.5, 0.6) is 0 Å². The van der Waals surface area contributed by atoms with Crippen LogP contribution >= 0.6 is 0 Å². The highest BCUT2D eigenvalue weighted by molar-refractivity contribution is 5.80. The summed E-state index contributed by atoms with van der Waals surface area (Å²) in [6, 6.07) is 11.6. The van der Waals surface area contributed by atoms with Gasteiger partial charge in [0, 0.05) is 5.39 Å². The SMILES string of the molecule is CCCC(O)c1noc(-c2ccc3ccccc3n2)n1. The molecule has 2 heterocycles. The Kier molecular flexibility index (Phi) is 3.43. The first-order valence-electron chi connectivity index (χ1n) is 6.65. The fourth-order valence-electron chi connectivity index (χ4n) is 2.06. The van der Waals surface area contributed by atoms with Crippen molar-refractivity contribution >= 4 is 10.9 Å². The maximum atomic E-state index is 9.85. The highest BCUT2D eigenvalue weighted by Crippen LogP contribution is 2.22. The quantitative estimate of drug-likeness (QED) is 0.787. The summed E-state index contributed by atoms with van der Waals surface area (Å²) in [6.07, 6.45) is 0.793. The molecule has 2 aromatic heterocycles. The van der Waals surface area contributed by atoms with Gasteiger partial charge in [-0.2, -0.15) is 4.98 Å². The summed E-state index contributed by atoms with van der Waals surface area (Å²) in [4.78, 5) is 8.70. The van der Waals surface area contributed by atoms with E-state index in [0.717, 1.165) is 17.3 Å². The van der Waals surface area contributed by atoms with Crippen LogP contribution in [-0.2, 0) is 0 Å². The van der Waals surface area contributed by atoms with Gasteiger partial charge < -0.3 is 9.63 Å². The molecule has 102 valence electrons. The Balaban J connectivity index is 1.94. The van der Waals surface area contributed by atoms with Gasteiger partial charge in [0.25, 0.3) is 5.89 Å². The number of aliphatic hydroxyl groups excluding tert-OH is 1. The van der Waals surface area contributed by atoms with E-state index in [-0.39, 0.29) is 0 Å². The summed E-state index contributed by atoms with van der Waals surface area (Å²) in [5.74, 6) is 0.651. The molecule has 5 nitrogen and oxygen atoms in total. The van der Waals surface area contributed by atoms with Crippen LogP contribution in [0.15, 0.2) is 40.9 Å². The second kappa shape index (κ2) is 5.38. The van der Waals surface area contributed by atoms with Crippen molar-refractivity contribution in [3.05, 3.63) is 42.2 Å². The number of hydrogen-bond donors (Lipinski definition) is 1. The van der Waals surface area contributed by atoms with Gasteiger partial charge in [-0.15, -0.1) is 0 Å². The van der Waals surface area contributed by atoms with Crippen molar-refractivity contribution in [2.45, 2.75) is 25.9 Å². The van der Waals surface area contributed by atoms with Crippen molar-refractivity contribution in [3.63, 3.8) is 0 Å². The first-order chi connectivity index (χ1) is 9.78. The Hall–Kier alpha value is -2.27. The highest BCUT2D eigenvalue weighted by atomic mass is 16.5. The third kappa shape index (κ3) is 2.40. The normalized spacial score (nSPS) is 12.7. The van der Waals surface area contributed by atoms with Gasteiger partial charge in [0.15, 0.2) is 0 Å². The highest BCUT2D eigenvalue weighted by Gasteiger charge is 2.16. The van der Waals surface area contributed by atoms with Crippen LogP contribution in [0.1, 0.15) is 31.7 Å². The van der Waals surface area contributed by atoms with Crippen LogP contribution in [0.3, 0.4) is 0 Å². The zero-order chi connectivity index (χ0) is 13.9. The summed E-state index contributed by atoms with van der Waals surface area (Å²) < 4.78 is 5.18. The molecular weight excluding hydrogens is 254 g/mol. The number of hydrogen-bond acceptors (Lipinski definition) is 5. The van der Waals surface area contributed by atoms with Crippen LogP contribution in [0.25, 0.3) is 22.5 Å². The van der Waals surface area contributed by atoms with Gasteiger partial charge >= 0.3 is 0 Å². The Bertz CT molecular complexity index is 724. The molecule has 0 spiro atoms. The molecule has 0 saturated carbocycles. The van der Waals surface area contributed by atoms with Gasteiger partial charge in [-0.05, 0) is 18.6 Å². The largest absolute Gasteiger partial charge is 0.385 e. The number of pyridine rings is 1. The predicted molar refractivity (Wildman–Crippen MR) is 74.9 cm³/mol. The lowest BCUT2D eigenvalue weighted by Crippen LogP contribution is -1.98. The minimum Gasteiger partial charge on any atom is -0.385 e. The van der Waals surface area contributed by atoms with E-state index in [2.05, 4.69) is 15.1 Å². The van der Waals surface area contributed by atoms with Crippen molar-refractivity contribution in [3.8, 4) is 11.6 Å². The number of fused-ring (bicyclic) bond motifs is 1. The molecule has 1 unspecified atom stereocenters. The van der Waals surface area contributed by atoms with Gasteiger partial charge in [-0.1, -0.05) is 42.8 Å². The minimum absolute atomic E-state index is 0.316. The molecule has 1 aromatic carbocycles. The maximum absolute atomic E-state index is 9.85. The van der Waals surface area contributed by atoms with Crippen molar-refractivity contribution < 1.29 is 9.63 Å². The lowest BCUT2D eigenvalue weighted by Gasteiger charge is -2.01. The number of aliphatic hydroxyl groups is 1. The summed E-state index contributed by atoms with van der Waals surface area (Å²) in [5.41, 5.74) is 1.49. The molecule has 0 bridgehead atoms. The number of rotatable bonds is 4. The molecule has 0 aliphatic carbocycles. The zero-order valence-corrected chi connectivity index (χ0v) is 11.2. The van der Waals surface area contributed by atoms with Gasteiger partial charge in [0.1, 0.15) is 11.8 Å². The fourth-order valence-corrected chi connectivity index (χ4v) is 2.06. The lowest BCUT2D eigenvalue weighted by atomic mass is 10.2. The second-order valence-corrected chi connectivity index (χ2v) is 4.65. The van der Waals surface area contributed by atoms with Gasteiger partial charge in [-0.3, -0.25) is 0 Å². The predicted octanol–water partition coefficient (Wildman–Crippen LogP) is 3.12. The van der Waals surface area contributed by atoms with Crippen LogP contribution < -0.4 is 0 Å². The van der Waals surface area contributed by atoms with Gasteiger partial charge in [0.2, 0.25) is 5.82 Å². The molecule has 0 fully saturated rings. The molecule has 5 heteroatoms. The molecule has 0 saturated heterocycles. The van der Waals surface area contributed by atoms with Gasteiger partial charge in [-0.25, -0.2) is 4.98 Å². The molecule has 1 atom stereocenters. The molecule has 0 amide bonds. The van der Waals surface area contributed by atoms with E-state index >= 15 is 0 Å². The average Bonchev–Trinajstić information content (AvgIpc) is 2.97. The molecule has 0 aliphatic rings. The average molecular weight is 269 g/mol. The van der Waals surface area contributed by atoms with E-state index in [9.17, 15) is 5.11 Å². The Morgan fingerprint density at radius 3 is 2.85 bits per heavy atom. The van der Waals surface area contributed by atoms with E-state index in [1.165, 1.54) is 0 Å². The molecule has 0 aliphatic heterocycles. The van der Waals surface area contributed by atoms with Crippen LogP contribution in [0.2, 0.25) is 0 Å². The van der Waals surface area contributed by atoms with E-state index in [4.69, 9.17) is 4.52 Å². The monoisotopic (exact) mass is 269 g/mol. The Labute approximate surface area is 116 Å². The molecule has 3 aromatic rings. The molecular formula is C15H15N3O2. The van der Waals surface area contributed by atoms with Crippen molar-refractivity contribution in [2.75, 3.05) is 0 Å². The maximum Gasteiger partial charge on any atom is 0.276 e. The summed E-state index contributed by atoms with van der Waals surface area (Å²) in [7, 11) is 0. The number of aromatic nitrogens is 3. The van der Waals surface area contributed by atoms with E-state index in [1.807, 2.05) is 43.3 Å². The van der Waals surface area contributed by atoms with Crippen molar-refractivity contribution in [1.29, 1.82) is 0 Å². The molecule has 1 N–H and O–H groups in total. The molecule has 0 radical (unpaired) electrons. The number of para-hydroxylation sites is 1. The molecule has 3 rings (SSSR count). The summed E-state index contributed by atoms with van der Waals surface area (Å²) in [5, 5.41) is 14.7. The van der Waals surface area contributed by atoms with E-state index < -0.39 is 6.10 Å². The second-order valence-electron chi connectivity index (χ2n) is 4.65. The molecule has 20 heavy (non-hydrogen) atoms. The summed E-state index contributed by atoms with van der Waals surface area (Å²) in [6.45, 7) is 2.00. The first kappa shape index (κ1) is 12.7. The Morgan fingerprint density at radius 1 is 1.15 bits per heavy atom. The first-order valence-corrected chi connectivity index (χ1v) is 6.65. The van der Waals surface area contributed by atoms with Gasteiger partial charge in [0.05, 0.1) is 5.52 Å². The van der Waals surface area contributed by atoms with Crippen LogP contribution in [-0.4, -0.2) is 20.2 Å². The third-order valence-corrected chi connectivity index (χ3v) is 3.12. The standard InChI is InChI=1S/C15H15N3O2/c1-2-5-13(19)14-17-15(20-18-14)12-9-8-10-6-3-4-7-11(10)16-12/h3-4,6-9,13,19H,2,5H2,1H3. The lowest BCUT2D eigenvalue weighted by molar-refractivity contribution is 0.153.